The number of aliphatic hydroxyl groups is 1. The molecule has 114 valence electrons. The normalized spacial score (nSPS) is 14.6. The van der Waals surface area contributed by atoms with Crippen molar-refractivity contribution in [2.24, 2.45) is 0 Å². The van der Waals surface area contributed by atoms with E-state index in [4.69, 9.17) is 0 Å². The highest BCUT2D eigenvalue weighted by molar-refractivity contribution is 5.21. The van der Waals surface area contributed by atoms with Crippen LogP contribution in [0.5, 0.6) is 0 Å². The number of unbranched alkanes of at least 4 members (excludes halogenated alkanes) is 1. The Morgan fingerprint density at radius 3 is 2.55 bits per heavy atom. The first-order valence-electron chi connectivity index (χ1n) is 7.37. The zero-order chi connectivity index (χ0) is 15.1. The fourth-order valence-corrected chi connectivity index (χ4v) is 2.21. The second-order valence-electron chi connectivity index (χ2n) is 5.26. The number of halogens is 2. The fourth-order valence-electron chi connectivity index (χ4n) is 2.21. The van der Waals surface area contributed by atoms with E-state index in [0.717, 1.165) is 31.9 Å². The van der Waals surface area contributed by atoms with Crippen LogP contribution in [0.2, 0.25) is 0 Å². The van der Waals surface area contributed by atoms with E-state index in [1.165, 1.54) is 12.1 Å². The average Bonchev–Trinajstić information content (AvgIpc) is 2.45. The Hall–Kier alpha value is -1.00. The molecule has 0 aromatic heterocycles. The fraction of sp³-hybridized carbons (Fsp3) is 0.625. The van der Waals surface area contributed by atoms with Gasteiger partial charge < -0.3 is 5.11 Å². The second kappa shape index (κ2) is 8.32. The Morgan fingerprint density at radius 1 is 1.25 bits per heavy atom. The van der Waals surface area contributed by atoms with Gasteiger partial charge in [0.2, 0.25) is 0 Å². The lowest BCUT2D eigenvalue weighted by atomic mass is 10.1. The summed E-state index contributed by atoms with van der Waals surface area (Å²) in [6.45, 7) is 7.47. The molecule has 2 unspecified atom stereocenters. The Labute approximate surface area is 120 Å². The molecule has 1 N–H and O–H groups in total. The van der Waals surface area contributed by atoms with Gasteiger partial charge in [0.25, 0.3) is 0 Å². The van der Waals surface area contributed by atoms with Crippen molar-refractivity contribution in [1.82, 2.24) is 4.90 Å². The lowest BCUT2D eigenvalue weighted by molar-refractivity contribution is 0.0858. The molecule has 0 heterocycles. The molecule has 4 heteroatoms. The van der Waals surface area contributed by atoms with E-state index in [1.54, 1.807) is 0 Å². The topological polar surface area (TPSA) is 23.5 Å². The van der Waals surface area contributed by atoms with E-state index in [9.17, 15) is 13.9 Å². The summed E-state index contributed by atoms with van der Waals surface area (Å²) >= 11 is 0. The van der Waals surface area contributed by atoms with Gasteiger partial charge in [-0.25, -0.2) is 8.78 Å². The minimum Gasteiger partial charge on any atom is -0.387 e. The average molecular weight is 285 g/mol. The van der Waals surface area contributed by atoms with Crippen molar-refractivity contribution < 1.29 is 13.9 Å². The molecule has 0 aliphatic rings. The number of hydrogen-bond donors (Lipinski definition) is 1. The summed E-state index contributed by atoms with van der Waals surface area (Å²) < 4.78 is 26.9. The number of rotatable bonds is 8. The minimum atomic E-state index is -1.00. The van der Waals surface area contributed by atoms with Gasteiger partial charge in [-0.05, 0) is 32.4 Å². The molecule has 20 heavy (non-hydrogen) atoms. The van der Waals surface area contributed by atoms with Gasteiger partial charge in [0.05, 0.1) is 6.10 Å². The quantitative estimate of drug-likeness (QED) is 0.783. The van der Waals surface area contributed by atoms with Gasteiger partial charge >= 0.3 is 0 Å². The first-order valence-corrected chi connectivity index (χ1v) is 7.37. The van der Waals surface area contributed by atoms with E-state index >= 15 is 0 Å². The third-order valence-electron chi connectivity index (χ3n) is 3.76. The Morgan fingerprint density at radius 2 is 1.95 bits per heavy atom. The van der Waals surface area contributed by atoms with Crippen molar-refractivity contribution in [2.45, 2.75) is 52.2 Å². The van der Waals surface area contributed by atoms with Crippen molar-refractivity contribution >= 4 is 0 Å². The maximum absolute atomic E-state index is 13.7. The maximum atomic E-state index is 13.7. The molecule has 0 saturated carbocycles. The van der Waals surface area contributed by atoms with Gasteiger partial charge in [-0.3, -0.25) is 4.90 Å². The van der Waals surface area contributed by atoms with Gasteiger partial charge in [-0.15, -0.1) is 0 Å². The molecule has 0 aliphatic carbocycles. The molecule has 0 radical (unpaired) electrons. The highest BCUT2D eigenvalue weighted by atomic mass is 19.2. The third-order valence-corrected chi connectivity index (χ3v) is 3.76. The third kappa shape index (κ3) is 4.53. The molecule has 0 bridgehead atoms. The van der Waals surface area contributed by atoms with Crippen molar-refractivity contribution in [2.75, 3.05) is 13.1 Å². The summed E-state index contributed by atoms with van der Waals surface area (Å²) in [6, 6.07) is 4.25. The van der Waals surface area contributed by atoms with E-state index < -0.39 is 17.7 Å². The highest BCUT2D eigenvalue weighted by Crippen LogP contribution is 2.21. The largest absolute Gasteiger partial charge is 0.387 e. The van der Waals surface area contributed by atoms with Gasteiger partial charge in [0.1, 0.15) is 0 Å². The van der Waals surface area contributed by atoms with Crippen LogP contribution in [0.1, 0.15) is 51.7 Å². The molecular formula is C16H25F2NO. The van der Waals surface area contributed by atoms with Crippen molar-refractivity contribution in [3.8, 4) is 0 Å². The van der Waals surface area contributed by atoms with Gasteiger partial charge in [0.15, 0.2) is 11.6 Å². The number of benzene rings is 1. The molecule has 2 nitrogen and oxygen atoms in total. The first-order chi connectivity index (χ1) is 9.51. The predicted molar refractivity (Wildman–Crippen MR) is 77.6 cm³/mol. The number of hydrogen-bond acceptors (Lipinski definition) is 2. The van der Waals surface area contributed by atoms with Crippen LogP contribution in [0.3, 0.4) is 0 Å². The molecule has 1 aromatic rings. The first kappa shape index (κ1) is 17.1. The van der Waals surface area contributed by atoms with Crippen LogP contribution < -0.4 is 0 Å². The van der Waals surface area contributed by atoms with Gasteiger partial charge in [0, 0.05) is 18.2 Å². The lowest BCUT2D eigenvalue weighted by Crippen LogP contribution is -2.37. The van der Waals surface area contributed by atoms with Crippen molar-refractivity contribution in [1.29, 1.82) is 0 Å². The van der Waals surface area contributed by atoms with Crippen LogP contribution >= 0.6 is 0 Å². The molecule has 2 atom stereocenters. The van der Waals surface area contributed by atoms with Gasteiger partial charge in [-0.2, -0.15) is 0 Å². The molecule has 0 fully saturated rings. The second-order valence-corrected chi connectivity index (χ2v) is 5.26. The summed E-state index contributed by atoms with van der Waals surface area (Å²) in [5.41, 5.74) is 0.0369. The Bertz CT molecular complexity index is 411. The van der Waals surface area contributed by atoms with Crippen molar-refractivity contribution in [3.05, 3.63) is 35.4 Å². The van der Waals surface area contributed by atoms with Crippen LogP contribution in [-0.2, 0) is 0 Å². The summed E-state index contributed by atoms with van der Waals surface area (Å²) in [4.78, 5) is 2.14. The minimum absolute atomic E-state index is 0.0369. The van der Waals surface area contributed by atoms with Crippen molar-refractivity contribution in [3.63, 3.8) is 0 Å². The van der Waals surface area contributed by atoms with Crippen LogP contribution in [0, 0.1) is 11.6 Å². The Kier molecular flexibility index (Phi) is 7.10. The monoisotopic (exact) mass is 285 g/mol. The zero-order valence-corrected chi connectivity index (χ0v) is 12.6. The Balaban J connectivity index is 2.78. The molecular weight excluding hydrogens is 260 g/mol. The molecule has 0 spiro atoms. The van der Waals surface area contributed by atoms with E-state index in [0.29, 0.717) is 12.6 Å². The zero-order valence-electron chi connectivity index (χ0n) is 12.6. The standard InChI is InChI=1S/C16H25F2NO/c1-4-6-10-19(12(3)5-2)11-15(20)13-8-7-9-14(17)16(13)18/h7-9,12,15,20H,4-6,10-11H2,1-3H3. The molecule has 0 saturated heterocycles. The molecule has 1 rings (SSSR count). The van der Waals surface area contributed by atoms with E-state index in [-0.39, 0.29) is 5.56 Å². The maximum Gasteiger partial charge on any atom is 0.164 e. The van der Waals surface area contributed by atoms with Crippen LogP contribution in [0.4, 0.5) is 8.78 Å². The van der Waals surface area contributed by atoms with Gasteiger partial charge in [-0.1, -0.05) is 32.4 Å². The summed E-state index contributed by atoms with van der Waals surface area (Å²) in [7, 11) is 0. The smallest absolute Gasteiger partial charge is 0.164 e. The molecule has 0 amide bonds. The number of aliphatic hydroxyl groups excluding tert-OH is 1. The molecule has 1 aromatic carbocycles. The summed E-state index contributed by atoms with van der Waals surface area (Å²) in [6.07, 6.45) is 2.05. The summed E-state index contributed by atoms with van der Waals surface area (Å²) in [5.74, 6) is -1.86. The van der Waals surface area contributed by atoms with Crippen LogP contribution in [-0.4, -0.2) is 29.1 Å². The number of nitrogens with zero attached hydrogens (tertiary/aromatic N) is 1. The van der Waals surface area contributed by atoms with Crippen LogP contribution in [0.15, 0.2) is 18.2 Å². The predicted octanol–water partition coefficient (Wildman–Crippen LogP) is 3.90. The SMILES string of the molecule is CCCCN(CC(O)c1cccc(F)c1F)C(C)CC. The van der Waals surface area contributed by atoms with E-state index in [1.807, 2.05) is 0 Å². The summed E-state index contributed by atoms with van der Waals surface area (Å²) in [5, 5.41) is 10.2. The lowest BCUT2D eigenvalue weighted by Gasteiger charge is -2.30. The molecule has 0 aliphatic heterocycles. The van der Waals surface area contributed by atoms with Crippen LogP contribution in [0.25, 0.3) is 0 Å². The highest BCUT2D eigenvalue weighted by Gasteiger charge is 2.21. The van der Waals surface area contributed by atoms with E-state index in [2.05, 4.69) is 25.7 Å².